The van der Waals surface area contributed by atoms with Crippen LogP contribution in [0.1, 0.15) is 10.4 Å². The first kappa shape index (κ1) is 10.00. The molecule has 0 aromatic heterocycles. The predicted octanol–water partition coefficient (Wildman–Crippen LogP) is 0.965. The van der Waals surface area contributed by atoms with Crippen LogP contribution in [0, 0.1) is 0 Å². The van der Waals surface area contributed by atoms with Crippen LogP contribution in [0.5, 0.6) is 0 Å². The fourth-order valence-corrected chi connectivity index (χ4v) is 0.626. The number of rotatable bonds is 1. The van der Waals surface area contributed by atoms with Gasteiger partial charge < -0.3 is 10.8 Å². The number of carbonyl (C=O) groups is 1. The van der Waals surface area contributed by atoms with Crippen molar-refractivity contribution in [1.82, 2.24) is 0 Å². The monoisotopic (exact) mass is 196 g/mol. The van der Waals surface area contributed by atoms with E-state index in [9.17, 15) is 4.79 Å². The van der Waals surface area contributed by atoms with Crippen molar-refractivity contribution in [3.05, 3.63) is 29.8 Å². The van der Waals surface area contributed by atoms with Gasteiger partial charge in [0.1, 0.15) is 0 Å². The molecule has 1 aromatic rings. The van der Waals surface area contributed by atoms with Crippen LogP contribution >= 0.6 is 0 Å². The van der Waals surface area contributed by atoms with Crippen molar-refractivity contribution >= 4 is 11.7 Å². The van der Waals surface area contributed by atoms with E-state index < -0.39 is 5.97 Å². The van der Waals surface area contributed by atoms with Crippen LogP contribution in [0.2, 0.25) is 0 Å². The number of carboxylic acids is 1. The third-order valence-corrected chi connectivity index (χ3v) is 1.16. The van der Waals surface area contributed by atoms with Gasteiger partial charge in [-0.3, -0.25) is 0 Å². The Bertz CT molecular complexity index is 245. The van der Waals surface area contributed by atoms with Crippen molar-refractivity contribution in [2.75, 3.05) is 5.73 Å². The number of benzene rings is 1. The Labute approximate surface area is 74.4 Å². The van der Waals surface area contributed by atoms with Gasteiger partial charge in [-0.25, -0.2) is 4.79 Å². The van der Waals surface area contributed by atoms with Gasteiger partial charge in [0.15, 0.2) is 0 Å². The van der Waals surface area contributed by atoms with E-state index in [4.69, 9.17) is 10.8 Å². The number of hydrogen-bond donors (Lipinski definition) is 2. The summed E-state index contributed by atoms with van der Waals surface area (Å²) in [5.41, 5.74) is 6.17. The molecule has 4 heteroatoms. The number of nitrogen functional groups attached to an aromatic ring is 1. The predicted molar refractivity (Wildman–Crippen MR) is 37.8 cm³/mol. The standard InChI is InChI=1S/C7H7NO2.Co/c8-6-3-1-5(2-4-6)7(9)10;/h1-4H,8H2,(H,9,10);/q;+2. The number of carboxylic acid groups (broad SMARTS) is 1. The maximum absolute atomic E-state index is 10.3. The Kier molecular flexibility index (Phi) is 3.63. The zero-order valence-electron chi connectivity index (χ0n) is 5.58. The summed E-state index contributed by atoms with van der Waals surface area (Å²) in [5.74, 6) is -0.931. The minimum atomic E-state index is -0.931. The van der Waals surface area contributed by atoms with Gasteiger partial charge in [0, 0.05) is 5.69 Å². The van der Waals surface area contributed by atoms with E-state index in [1.165, 1.54) is 12.1 Å². The molecule has 0 unspecified atom stereocenters. The van der Waals surface area contributed by atoms with E-state index >= 15 is 0 Å². The minimum absolute atomic E-state index is 0. The van der Waals surface area contributed by atoms with Crippen molar-refractivity contribution in [3.8, 4) is 0 Å². The molecule has 0 heterocycles. The summed E-state index contributed by atoms with van der Waals surface area (Å²) < 4.78 is 0. The molecule has 0 atom stereocenters. The van der Waals surface area contributed by atoms with Gasteiger partial charge in [-0.2, -0.15) is 0 Å². The molecule has 3 N–H and O–H groups in total. The number of anilines is 1. The Morgan fingerprint density at radius 1 is 1.27 bits per heavy atom. The third-order valence-electron chi connectivity index (χ3n) is 1.16. The van der Waals surface area contributed by atoms with Crippen LogP contribution in [0.25, 0.3) is 0 Å². The fraction of sp³-hybridized carbons (Fsp3) is 0. The molecule has 0 aliphatic heterocycles. The van der Waals surface area contributed by atoms with Gasteiger partial charge in [0.25, 0.3) is 0 Å². The topological polar surface area (TPSA) is 63.3 Å². The fourth-order valence-electron chi connectivity index (χ4n) is 0.626. The quantitative estimate of drug-likeness (QED) is 0.657. The van der Waals surface area contributed by atoms with E-state index in [2.05, 4.69) is 0 Å². The van der Waals surface area contributed by atoms with Crippen LogP contribution in [0.3, 0.4) is 0 Å². The normalized spacial score (nSPS) is 8.36. The van der Waals surface area contributed by atoms with Crippen molar-refractivity contribution in [2.24, 2.45) is 0 Å². The average molecular weight is 196 g/mol. The maximum Gasteiger partial charge on any atom is 2.00 e. The van der Waals surface area contributed by atoms with Gasteiger partial charge in [-0.1, -0.05) is 0 Å². The molecular weight excluding hydrogens is 189 g/mol. The van der Waals surface area contributed by atoms with E-state index in [0.717, 1.165) is 0 Å². The smallest absolute Gasteiger partial charge is 0.478 e. The zero-order valence-corrected chi connectivity index (χ0v) is 6.62. The Morgan fingerprint density at radius 2 is 1.73 bits per heavy atom. The first-order valence-electron chi connectivity index (χ1n) is 2.79. The third kappa shape index (κ3) is 2.61. The molecule has 1 rings (SSSR count). The molecule has 0 bridgehead atoms. The number of nitrogens with two attached hydrogens (primary N) is 1. The molecule has 1 aromatic carbocycles. The number of hydrogen-bond acceptors (Lipinski definition) is 2. The SMILES string of the molecule is Nc1ccc(C(=O)O)cc1.[Co+2]. The van der Waals surface area contributed by atoms with Crippen molar-refractivity contribution < 1.29 is 26.7 Å². The largest absolute Gasteiger partial charge is 2.00 e. The van der Waals surface area contributed by atoms with Crippen LogP contribution in [0.4, 0.5) is 5.69 Å². The summed E-state index contributed by atoms with van der Waals surface area (Å²) in [5, 5.41) is 8.43. The summed E-state index contributed by atoms with van der Waals surface area (Å²) in [7, 11) is 0. The molecule has 0 fully saturated rings. The van der Waals surface area contributed by atoms with Gasteiger partial charge >= 0.3 is 22.7 Å². The van der Waals surface area contributed by atoms with Gasteiger partial charge in [0.2, 0.25) is 0 Å². The van der Waals surface area contributed by atoms with Crippen LogP contribution in [0.15, 0.2) is 24.3 Å². The molecule has 3 nitrogen and oxygen atoms in total. The van der Waals surface area contributed by atoms with Gasteiger partial charge in [0.05, 0.1) is 5.56 Å². The first-order valence-corrected chi connectivity index (χ1v) is 2.79. The summed E-state index contributed by atoms with van der Waals surface area (Å²) in [6.07, 6.45) is 0. The molecule has 0 saturated heterocycles. The Balaban J connectivity index is 0.000001000. The Hall–Kier alpha value is -1.00. The molecule has 0 spiro atoms. The maximum atomic E-state index is 10.3. The summed E-state index contributed by atoms with van der Waals surface area (Å²) >= 11 is 0. The molecule has 0 saturated carbocycles. The second kappa shape index (κ2) is 4.00. The molecule has 11 heavy (non-hydrogen) atoms. The zero-order chi connectivity index (χ0) is 7.56. The minimum Gasteiger partial charge on any atom is -0.478 e. The van der Waals surface area contributed by atoms with E-state index in [0.29, 0.717) is 5.69 Å². The van der Waals surface area contributed by atoms with Crippen molar-refractivity contribution in [3.63, 3.8) is 0 Å². The molecular formula is C7H7CoNO2+2. The summed E-state index contributed by atoms with van der Waals surface area (Å²) in [6, 6.07) is 6.06. The van der Waals surface area contributed by atoms with E-state index in [1.54, 1.807) is 12.1 Å². The van der Waals surface area contributed by atoms with Gasteiger partial charge in [-0.05, 0) is 24.3 Å². The molecule has 0 aliphatic rings. The second-order valence-corrected chi connectivity index (χ2v) is 1.93. The molecule has 1 radical (unpaired) electrons. The van der Waals surface area contributed by atoms with Crippen molar-refractivity contribution in [1.29, 1.82) is 0 Å². The summed E-state index contributed by atoms with van der Waals surface area (Å²) in [4.78, 5) is 10.3. The van der Waals surface area contributed by atoms with Gasteiger partial charge in [-0.15, -0.1) is 0 Å². The van der Waals surface area contributed by atoms with Crippen LogP contribution < -0.4 is 5.73 Å². The van der Waals surface area contributed by atoms with Crippen molar-refractivity contribution in [2.45, 2.75) is 0 Å². The Morgan fingerprint density at radius 3 is 2.09 bits per heavy atom. The molecule has 0 aliphatic carbocycles. The number of aromatic carboxylic acids is 1. The first-order chi connectivity index (χ1) is 4.70. The average Bonchev–Trinajstić information content (AvgIpc) is 1.88. The van der Waals surface area contributed by atoms with Crippen LogP contribution in [-0.4, -0.2) is 11.1 Å². The second-order valence-electron chi connectivity index (χ2n) is 1.93. The van der Waals surface area contributed by atoms with Crippen LogP contribution in [-0.2, 0) is 16.8 Å². The van der Waals surface area contributed by atoms with E-state index in [1.807, 2.05) is 0 Å². The molecule has 59 valence electrons. The summed E-state index contributed by atoms with van der Waals surface area (Å²) in [6.45, 7) is 0. The van der Waals surface area contributed by atoms with E-state index in [-0.39, 0.29) is 22.3 Å². The molecule has 0 amide bonds.